The van der Waals surface area contributed by atoms with Gasteiger partial charge < -0.3 is 52.1 Å². The van der Waals surface area contributed by atoms with E-state index in [4.69, 9.17) is 37.9 Å². The van der Waals surface area contributed by atoms with Crippen LogP contribution in [0.4, 0.5) is 0 Å². The average molecular weight is 1440 g/mol. The first-order valence-corrected chi connectivity index (χ1v) is 36.1. The maximum atomic E-state index is 14.9. The van der Waals surface area contributed by atoms with E-state index in [9.17, 15) is 52.7 Å². The van der Waals surface area contributed by atoms with Crippen LogP contribution in [-0.2, 0) is 92.4 Å². The van der Waals surface area contributed by atoms with E-state index in [0.29, 0.717) is 115 Å². The molecule has 0 spiro atoms. The summed E-state index contributed by atoms with van der Waals surface area (Å²) in [6, 6.07) is 14.2. The lowest BCUT2D eigenvalue weighted by Gasteiger charge is -2.25. The fourth-order valence-electron chi connectivity index (χ4n) is 11.4. The predicted molar refractivity (Wildman–Crippen MR) is 389 cm³/mol. The summed E-state index contributed by atoms with van der Waals surface area (Å²) in [7, 11) is 3.53. The number of ether oxygens (including phenoxy) is 11. The summed E-state index contributed by atoms with van der Waals surface area (Å²) in [5.41, 5.74) is 5.29. The van der Waals surface area contributed by atoms with Gasteiger partial charge in [0.15, 0.2) is 23.1 Å². The molecule has 0 fully saturated rings. The third-order valence-electron chi connectivity index (χ3n) is 16.8. The van der Waals surface area contributed by atoms with Crippen LogP contribution < -0.4 is 18.9 Å². The zero-order valence-corrected chi connectivity index (χ0v) is 61.5. The minimum atomic E-state index is -0.802. The molecule has 0 radical (unpaired) electrons. The van der Waals surface area contributed by atoms with Crippen LogP contribution in [0.3, 0.4) is 0 Å². The molecule has 22 heteroatoms. The molecular weight excluding hydrogens is 1340 g/mol. The Morgan fingerprint density at radius 2 is 0.490 bits per heavy atom. The van der Waals surface area contributed by atoms with Gasteiger partial charge in [-0.05, 0) is 119 Å². The van der Waals surface area contributed by atoms with Crippen molar-refractivity contribution >= 4 is 64.9 Å². The number of Topliss-reactive ketones (excluding diaryl/α,β-unsaturated/α-hetero) is 4. The Hall–Kier alpha value is -9.99. The van der Waals surface area contributed by atoms with Crippen LogP contribution in [0.1, 0.15) is 242 Å². The SMILES string of the molecule is C=CC(=O)OCCCOc1c2cc(C(=O)CCCCC)cc1Cc1cc(C(=O)CCCCC)cc(c1OCCCOC(=O)/C=C\C(=O)OC)Cc1cc(C(=O)CCCCC)cc(c1OCCCOC(=O)/C=C\C(=O)OC)Cc1cc(C(=O)CCCCC)cc(c1OCCCOC(=O)/C=C\C(=O)OC)C2. The molecule has 1 aliphatic carbocycles. The highest BCUT2D eigenvalue weighted by molar-refractivity contribution is 6.00. The van der Waals surface area contributed by atoms with Gasteiger partial charge in [-0.15, -0.1) is 0 Å². The third-order valence-corrected chi connectivity index (χ3v) is 16.8. The van der Waals surface area contributed by atoms with Crippen LogP contribution in [0.2, 0.25) is 0 Å². The lowest BCUT2D eigenvalue weighted by Crippen LogP contribution is -2.15. The Morgan fingerprint density at radius 1 is 0.288 bits per heavy atom. The van der Waals surface area contributed by atoms with Crippen molar-refractivity contribution in [3.63, 3.8) is 0 Å². The Balaban J connectivity index is 1.98. The highest BCUT2D eigenvalue weighted by atomic mass is 16.6. The van der Waals surface area contributed by atoms with Crippen molar-refractivity contribution in [1.82, 2.24) is 0 Å². The third kappa shape index (κ3) is 29.4. The first-order chi connectivity index (χ1) is 50.3. The second-order valence-electron chi connectivity index (χ2n) is 25.0. The fourth-order valence-corrected chi connectivity index (χ4v) is 11.4. The van der Waals surface area contributed by atoms with Gasteiger partial charge in [0.1, 0.15) is 23.0 Å². The van der Waals surface area contributed by atoms with Crippen molar-refractivity contribution in [3.05, 3.63) is 164 Å². The summed E-state index contributed by atoms with van der Waals surface area (Å²) in [6.07, 6.45) is 16.9. The molecule has 0 saturated carbocycles. The molecule has 0 N–H and O–H groups in total. The van der Waals surface area contributed by atoms with Gasteiger partial charge in [-0.3, -0.25) is 19.2 Å². The number of rotatable bonds is 47. The van der Waals surface area contributed by atoms with E-state index in [0.717, 1.165) is 93.9 Å². The molecule has 562 valence electrons. The standard InChI is InChI=1S/C82H102O22/c1-9-14-18-26-68(83)56-44-60-52-62-46-57(69(84)27-19-15-10-2)48-64(80(62)102-41-23-37-98-76(91)33-30-73(88)94-6)54-66-50-59(71(86)29-21-17-12-4)51-67(82(66)104-43-25-39-100-78(93)35-32-75(90)96-8)55-65-49-58(70(85)28-20-16-11-3)47-63(53-61(45-56)79(60)101-40-22-36-97-72(87)13-5)81(65)103-42-24-38-99-77(92)34-31-74(89)95-7/h13,30-35,44-51H,5,9-12,14-29,36-43,52-55H2,1-4,6-8H3/b33-30-,34-31-,35-32-. The first kappa shape index (κ1) is 84.7. The number of methoxy groups -OCH3 is 3. The van der Waals surface area contributed by atoms with Crippen molar-refractivity contribution in [2.45, 2.75) is 182 Å². The van der Waals surface area contributed by atoms with Gasteiger partial charge in [-0.1, -0.05) is 85.6 Å². The van der Waals surface area contributed by atoms with Gasteiger partial charge in [0.25, 0.3) is 0 Å². The van der Waals surface area contributed by atoms with Crippen LogP contribution in [-0.4, -0.2) is 139 Å². The van der Waals surface area contributed by atoms with Crippen LogP contribution in [0, 0.1) is 0 Å². The molecule has 22 nitrogen and oxygen atoms in total. The van der Waals surface area contributed by atoms with Gasteiger partial charge in [-0.25, -0.2) is 33.6 Å². The van der Waals surface area contributed by atoms with Crippen molar-refractivity contribution in [2.24, 2.45) is 0 Å². The highest BCUT2D eigenvalue weighted by Crippen LogP contribution is 2.42. The number of hydrogen-bond acceptors (Lipinski definition) is 22. The molecule has 0 aliphatic heterocycles. The molecule has 4 aromatic carbocycles. The zero-order chi connectivity index (χ0) is 75.6. The minimum Gasteiger partial charge on any atom is -0.493 e. The number of ketones is 4. The Labute approximate surface area is 610 Å². The maximum absolute atomic E-state index is 14.9. The summed E-state index contributed by atoms with van der Waals surface area (Å²) in [6.45, 7) is 11.0. The molecule has 8 bridgehead atoms. The predicted octanol–water partition coefficient (Wildman–Crippen LogP) is 14.0. The summed E-state index contributed by atoms with van der Waals surface area (Å²) in [4.78, 5) is 146. The monoisotopic (exact) mass is 1440 g/mol. The van der Waals surface area contributed by atoms with Crippen molar-refractivity contribution in [2.75, 3.05) is 74.2 Å². The average Bonchev–Trinajstić information content (AvgIpc) is 0.769. The Kier molecular flexibility index (Phi) is 38.5. The number of benzene rings is 4. The number of carbonyl (C=O) groups is 11. The van der Waals surface area contributed by atoms with Crippen LogP contribution in [0.5, 0.6) is 23.0 Å². The number of hydrogen-bond donors (Lipinski definition) is 0. The van der Waals surface area contributed by atoms with Gasteiger partial charge >= 0.3 is 41.8 Å². The molecule has 1 aliphatic rings. The van der Waals surface area contributed by atoms with E-state index >= 15 is 0 Å². The lowest BCUT2D eigenvalue weighted by atomic mass is 9.86. The number of fused-ring (bicyclic) bond motifs is 8. The van der Waals surface area contributed by atoms with E-state index in [1.807, 2.05) is 27.7 Å². The Bertz CT molecular complexity index is 3530. The normalized spacial score (nSPS) is 11.7. The minimum absolute atomic E-state index is 0.00376. The van der Waals surface area contributed by atoms with Gasteiger partial charge in [0.2, 0.25) is 0 Å². The molecule has 0 amide bonds. The molecule has 104 heavy (non-hydrogen) atoms. The van der Waals surface area contributed by atoms with Gasteiger partial charge in [-0.2, -0.15) is 0 Å². The summed E-state index contributed by atoms with van der Waals surface area (Å²) in [5.74, 6) is -4.63. The summed E-state index contributed by atoms with van der Waals surface area (Å²) < 4.78 is 63.5. The van der Waals surface area contributed by atoms with E-state index in [1.165, 1.54) is 21.3 Å². The van der Waals surface area contributed by atoms with E-state index in [1.54, 1.807) is 48.5 Å². The van der Waals surface area contributed by atoms with Gasteiger partial charge in [0, 0.05) is 142 Å². The topological polar surface area (TPSA) is 289 Å². The quantitative estimate of drug-likeness (QED) is 0.0115. The second kappa shape index (κ2) is 47.3. The summed E-state index contributed by atoms with van der Waals surface area (Å²) in [5, 5.41) is 0. The molecule has 0 heterocycles. The number of esters is 7. The van der Waals surface area contributed by atoms with Crippen LogP contribution in [0.25, 0.3) is 0 Å². The smallest absolute Gasteiger partial charge is 0.331 e. The van der Waals surface area contributed by atoms with E-state index < -0.39 is 41.8 Å². The number of unbranched alkanes of at least 4 members (excludes halogenated alkanes) is 8. The molecule has 5 rings (SSSR count). The second-order valence-corrected chi connectivity index (χ2v) is 25.0. The zero-order valence-electron chi connectivity index (χ0n) is 61.5. The van der Waals surface area contributed by atoms with Crippen LogP contribution in [0.15, 0.2) is 97.6 Å². The molecule has 0 saturated heterocycles. The maximum Gasteiger partial charge on any atom is 0.331 e. The first-order valence-electron chi connectivity index (χ1n) is 36.1. The highest BCUT2D eigenvalue weighted by Gasteiger charge is 2.28. The van der Waals surface area contributed by atoms with Crippen molar-refractivity contribution < 1.29 is 105 Å². The van der Waals surface area contributed by atoms with Gasteiger partial charge in [0.05, 0.1) is 74.2 Å². The van der Waals surface area contributed by atoms with E-state index in [-0.39, 0.29) is 153 Å². The van der Waals surface area contributed by atoms with E-state index in [2.05, 4.69) is 20.8 Å². The number of carbonyl (C=O) groups excluding carboxylic acids is 11. The van der Waals surface area contributed by atoms with Crippen LogP contribution >= 0.6 is 0 Å². The fraction of sp³-hybridized carbons (Fsp3) is 0.476. The molecule has 4 aromatic rings. The summed E-state index contributed by atoms with van der Waals surface area (Å²) >= 11 is 0. The molecular formula is C82H102O22. The lowest BCUT2D eigenvalue weighted by molar-refractivity contribution is -0.139. The largest absolute Gasteiger partial charge is 0.493 e. The Morgan fingerprint density at radius 3 is 0.683 bits per heavy atom. The molecule has 0 unspecified atom stereocenters. The van der Waals surface area contributed by atoms with Crippen molar-refractivity contribution in [1.29, 1.82) is 0 Å². The van der Waals surface area contributed by atoms with Crippen molar-refractivity contribution in [3.8, 4) is 23.0 Å². The molecule has 0 atom stereocenters. The molecule has 0 aromatic heterocycles.